The number of nitrogens with one attached hydrogen (secondary N) is 1. The summed E-state index contributed by atoms with van der Waals surface area (Å²) < 4.78 is 0. The fraction of sp³-hybridized carbons (Fsp3) is 0.250. The van der Waals surface area contributed by atoms with Crippen LogP contribution in [0.15, 0.2) is 42.5 Å². The number of aliphatic carboxylic acids is 1. The number of carboxylic acid groups (broad SMARTS) is 1. The second kappa shape index (κ2) is 6.85. The quantitative estimate of drug-likeness (QED) is 0.748. The Morgan fingerprint density at radius 2 is 1.81 bits per heavy atom. The van der Waals surface area contributed by atoms with E-state index < -0.39 is 12.0 Å². The molecule has 0 unspecified atom stereocenters. The molecule has 2 rings (SSSR count). The third-order valence-electron chi connectivity index (χ3n) is 3.23. The van der Waals surface area contributed by atoms with Crippen molar-refractivity contribution in [3.05, 3.63) is 48.0 Å². The highest BCUT2D eigenvalue weighted by molar-refractivity contribution is 5.87. The van der Waals surface area contributed by atoms with Gasteiger partial charge >= 0.3 is 5.97 Å². The van der Waals surface area contributed by atoms with E-state index in [0.29, 0.717) is 0 Å². The minimum atomic E-state index is -1.14. The number of fused-ring (bicyclic) bond motifs is 1. The first-order chi connectivity index (χ1) is 10.1. The number of hydrogen-bond acceptors (Lipinski definition) is 3. The van der Waals surface area contributed by atoms with E-state index in [0.717, 1.165) is 16.3 Å². The van der Waals surface area contributed by atoms with Crippen molar-refractivity contribution in [3.8, 4) is 0 Å². The number of carbonyl (C=O) groups is 2. The molecule has 21 heavy (non-hydrogen) atoms. The van der Waals surface area contributed by atoms with Gasteiger partial charge in [0.05, 0.1) is 6.42 Å². The average molecular weight is 287 g/mol. The minimum absolute atomic E-state index is 0.00120. The molecule has 0 aliphatic rings. The molecule has 2 aromatic carbocycles. The lowest BCUT2D eigenvalue weighted by Crippen LogP contribution is -2.42. The number of hydrogen-bond donors (Lipinski definition) is 3. The molecule has 0 spiro atoms. The van der Waals surface area contributed by atoms with E-state index in [2.05, 4.69) is 5.32 Å². The van der Waals surface area contributed by atoms with Crippen LogP contribution in [-0.2, 0) is 16.0 Å². The smallest absolute Gasteiger partial charge is 0.326 e. The predicted octanol–water partition coefficient (Wildman–Crippen LogP) is 1.33. The second-order valence-electron chi connectivity index (χ2n) is 4.83. The van der Waals surface area contributed by atoms with Crippen molar-refractivity contribution < 1.29 is 19.8 Å². The molecule has 0 aromatic heterocycles. The molecule has 0 saturated carbocycles. The van der Waals surface area contributed by atoms with E-state index in [-0.39, 0.29) is 25.4 Å². The van der Waals surface area contributed by atoms with Crippen molar-refractivity contribution in [3.63, 3.8) is 0 Å². The second-order valence-corrected chi connectivity index (χ2v) is 4.83. The van der Waals surface area contributed by atoms with Crippen molar-refractivity contribution in [1.82, 2.24) is 5.32 Å². The summed E-state index contributed by atoms with van der Waals surface area (Å²) in [6, 6.07) is 12.5. The molecule has 5 nitrogen and oxygen atoms in total. The van der Waals surface area contributed by atoms with Crippen LogP contribution in [0.25, 0.3) is 10.8 Å². The Balaban J connectivity index is 2.05. The molecule has 0 aliphatic carbocycles. The number of carboxylic acids is 1. The zero-order valence-corrected chi connectivity index (χ0v) is 11.5. The monoisotopic (exact) mass is 287 g/mol. The largest absolute Gasteiger partial charge is 0.480 e. The van der Waals surface area contributed by atoms with E-state index in [9.17, 15) is 9.59 Å². The van der Waals surface area contributed by atoms with Crippen molar-refractivity contribution in [1.29, 1.82) is 0 Å². The maximum absolute atomic E-state index is 11.9. The normalized spacial score (nSPS) is 12.0. The molecule has 0 radical (unpaired) electrons. The van der Waals surface area contributed by atoms with Gasteiger partial charge in [-0.25, -0.2) is 4.79 Å². The van der Waals surface area contributed by atoms with Crippen LogP contribution in [-0.4, -0.2) is 34.7 Å². The maximum atomic E-state index is 11.9. The molecule has 5 heteroatoms. The Bertz CT molecular complexity index is 654. The Hall–Kier alpha value is -2.40. The van der Waals surface area contributed by atoms with Gasteiger partial charge in [0.25, 0.3) is 0 Å². The van der Waals surface area contributed by atoms with Crippen LogP contribution < -0.4 is 5.32 Å². The number of amides is 1. The highest BCUT2D eigenvalue weighted by Crippen LogP contribution is 2.16. The van der Waals surface area contributed by atoms with Crippen LogP contribution in [0, 0.1) is 0 Å². The lowest BCUT2D eigenvalue weighted by Gasteiger charge is -2.13. The fourth-order valence-corrected chi connectivity index (χ4v) is 2.17. The summed E-state index contributed by atoms with van der Waals surface area (Å²) in [6.45, 7) is -0.285. The minimum Gasteiger partial charge on any atom is -0.480 e. The van der Waals surface area contributed by atoms with Crippen molar-refractivity contribution >= 4 is 22.6 Å². The highest BCUT2D eigenvalue weighted by atomic mass is 16.4. The third-order valence-corrected chi connectivity index (χ3v) is 3.23. The molecule has 3 N–H and O–H groups in total. The van der Waals surface area contributed by atoms with Gasteiger partial charge in [0.1, 0.15) is 6.04 Å². The van der Waals surface area contributed by atoms with Gasteiger partial charge in [0, 0.05) is 13.0 Å². The molecule has 1 amide bonds. The van der Waals surface area contributed by atoms with Gasteiger partial charge in [-0.05, 0) is 16.3 Å². The van der Waals surface area contributed by atoms with Crippen LogP contribution in [0.5, 0.6) is 0 Å². The molecule has 1 atom stereocenters. The topological polar surface area (TPSA) is 86.6 Å². The molecule has 0 aliphatic heterocycles. The zero-order valence-electron chi connectivity index (χ0n) is 11.5. The zero-order chi connectivity index (χ0) is 15.2. The highest BCUT2D eigenvalue weighted by Gasteiger charge is 2.19. The Kier molecular flexibility index (Phi) is 4.90. The standard InChI is InChI=1S/C16H17NO4/c18-8-7-14(16(20)21)17-15(19)10-11-5-6-12-3-1-2-4-13(12)9-11/h1-6,9,14,18H,7-8,10H2,(H,17,19)(H,20,21)/t14-/m1/s1. The van der Waals surface area contributed by atoms with Crippen molar-refractivity contribution in [2.24, 2.45) is 0 Å². The van der Waals surface area contributed by atoms with Crippen LogP contribution >= 0.6 is 0 Å². The lowest BCUT2D eigenvalue weighted by atomic mass is 10.0. The summed E-state index contributed by atoms with van der Waals surface area (Å²) in [6.07, 6.45) is 0.110. The van der Waals surface area contributed by atoms with Crippen LogP contribution in [0.2, 0.25) is 0 Å². The Labute approximate surface area is 122 Å². The lowest BCUT2D eigenvalue weighted by molar-refractivity contribution is -0.142. The summed E-state index contributed by atoms with van der Waals surface area (Å²) in [5.41, 5.74) is 0.819. The summed E-state index contributed by atoms with van der Waals surface area (Å²) in [5, 5.41) is 22.3. The Morgan fingerprint density at radius 3 is 2.48 bits per heavy atom. The summed E-state index contributed by atoms with van der Waals surface area (Å²) in [4.78, 5) is 22.8. The number of carbonyl (C=O) groups excluding carboxylic acids is 1. The maximum Gasteiger partial charge on any atom is 0.326 e. The van der Waals surface area contributed by atoms with Gasteiger partial charge in [-0.3, -0.25) is 4.79 Å². The number of aliphatic hydroxyl groups is 1. The summed E-state index contributed by atoms with van der Waals surface area (Å²) in [5.74, 6) is -1.51. The predicted molar refractivity (Wildman–Crippen MR) is 78.9 cm³/mol. The molecule has 0 heterocycles. The SMILES string of the molecule is O=C(Cc1ccc2ccccc2c1)N[C@H](CCO)C(=O)O. The molecule has 2 aromatic rings. The number of rotatable bonds is 6. The first-order valence-corrected chi connectivity index (χ1v) is 6.71. The van der Waals surface area contributed by atoms with Crippen LogP contribution in [0.3, 0.4) is 0 Å². The number of aliphatic hydroxyl groups excluding tert-OH is 1. The van der Waals surface area contributed by atoms with Gasteiger partial charge in [0.15, 0.2) is 0 Å². The fourth-order valence-electron chi connectivity index (χ4n) is 2.17. The number of benzene rings is 2. The van der Waals surface area contributed by atoms with Crippen molar-refractivity contribution in [2.45, 2.75) is 18.9 Å². The van der Waals surface area contributed by atoms with Gasteiger partial charge in [-0.1, -0.05) is 42.5 Å². The molecular formula is C16H17NO4. The third kappa shape index (κ3) is 4.03. The summed E-state index contributed by atoms with van der Waals surface area (Å²) in [7, 11) is 0. The van der Waals surface area contributed by atoms with Crippen LogP contribution in [0.1, 0.15) is 12.0 Å². The van der Waals surface area contributed by atoms with Gasteiger partial charge in [0.2, 0.25) is 5.91 Å². The van der Waals surface area contributed by atoms with Crippen molar-refractivity contribution in [2.75, 3.05) is 6.61 Å². The summed E-state index contributed by atoms with van der Waals surface area (Å²) >= 11 is 0. The van der Waals surface area contributed by atoms with Crippen LogP contribution in [0.4, 0.5) is 0 Å². The van der Waals surface area contributed by atoms with E-state index in [4.69, 9.17) is 10.2 Å². The first-order valence-electron chi connectivity index (χ1n) is 6.71. The van der Waals surface area contributed by atoms with Gasteiger partial charge < -0.3 is 15.5 Å². The first kappa shape index (κ1) is 15.0. The van der Waals surface area contributed by atoms with Gasteiger partial charge in [-0.15, -0.1) is 0 Å². The molecule has 110 valence electrons. The molecule has 0 bridgehead atoms. The molecular weight excluding hydrogens is 270 g/mol. The molecule has 0 saturated heterocycles. The van der Waals surface area contributed by atoms with E-state index >= 15 is 0 Å². The van der Waals surface area contributed by atoms with E-state index in [1.165, 1.54) is 0 Å². The molecule has 0 fully saturated rings. The van der Waals surface area contributed by atoms with E-state index in [1.807, 2.05) is 42.5 Å². The van der Waals surface area contributed by atoms with Gasteiger partial charge in [-0.2, -0.15) is 0 Å². The average Bonchev–Trinajstić information content (AvgIpc) is 2.46. The van der Waals surface area contributed by atoms with E-state index in [1.54, 1.807) is 0 Å². The Morgan fingerprint density at radius 1 is 1.10 bits per heavy atom.